The highest BCUT2D eigenvalue weighted by molar-refractivity contribution is 5.85. The van der Waals surface area contributed by atoms with E-state index in [0.29, 0.717) is 11.8 Å². The number of halogens is 1. The molecule has 3 rings (SSSR count). The second kappa shape index (κ2) is 7.43. The Bertz CT molecular complexity index is 702. The summed E-state index contributed by atoms with van der Waals surface area (Å²) in [7, 11) is 2.09. The van der Waals surface area contributed by atoms with Gasteiger partial charge in [0.2, 0.25) is 0 Å². The fourth-order valence-electron chi connectivity index (χ4n) is 3.02. The molecule has 8 heteroatoms. The molecule has 0 saturated carbocycles. The van der Waals surface area contributed by atoms with Crippen LogP contribution in [-0.2, 0) is 5.54 Å². The zero-order valence-corrected chi connectivity index (χ0v) is 16.7. The second-order valence-electron chi connectivity index (χ2n) is 7.85. The van der Waals surface area contributed by atoms with Crippen molar-refractivity contribution in [1.82, 2.24) is 30.1 Å². The Balaban J connectivity index is 0.00000225. The summed E-state index contributed by atoms with van der Waals surface area (Å²) in [5.41, 5.74) is 1.83. The fraction of sp³-hybridized carbons (Fsp3) is 0.706. The lowest BCUT2D eigenvalue weighted by Gasteiger charge is -2.30. The van der Waals surface area contributed by atoms with Gasteiger partial charge in [0, 0.05) is 25.3 Å². The van der Waals surface area contributed by atoms with E-state index in [1.54, 1.807) is 0 Å². The number of likely N-dealkylation sites (N-methyl/N-ethyl adjacent to an activating group) is 1. The first kappa shape index (κ1) is 19.9. The molecule has 0 aromatic carbocycles. The summed E-state index contributed by atoms with van der Waals surface area (Å²) >= 11 is 0. The Morgan fingerprint density at radius 3 is 2.60 bits per heavy atom. The SMILES string of the molecule is CC(C)c1cc(-c2nc(C3CNCCN3C)no2)nn1C(C)(C)C.Cl. The van der Waals surface area contributed by atoms with Gasteiger partial charge in [0.05, 0.1) is 11.6 Å². The Hall–Kier alpha value is -1.44. The number of aromatic nitrogens is 4. The van der Waals surface area contributed by atoms with Crippen molar-refractivity contribution < 1.29 is 4.52 Å². The molecule has 25 heavy (non-hydrogen) atoms. The van der Waals surface area contributed by atoms with Crippen LogP contribution in [0.1, 0.15) is 58.1 Å². The summed E-state index contributed by atoms with van der Waals surface area (Å²) in [6.07, 6.45) is 0. The minimum atomic E-state index is -0.0891. The predicted octanol–water partition coefficient (Wildman–Crippen LogP) is 2.81. The number of hydrogen-bond donors (Lipinski definition) is 1. The van der Waals surface area contributed by atoms with Crippen LogP contribution >= 0.6 is 12.4 Å². The van der Waals surface area contributed by atoms with Crippen molar-refractivity contribution in [3.05, 3.63) is 17.6 Å². The normalized spacial score (nSPS) is 19.2. The van der Waals surface area contributed by atoms with E-state index < -0.39 is 0 Å². The van der Waals surface area contributed by atoms with Crippen molar-refractivity contribution in [2.24, 2.45) is 0 Å². The Kier molecular flexibility index (Phi) is 5.91. The molecule has 1 aliphatic rings. The zero-order chi connectivity index (χ0) is 17.5. The Labute approximate surface area is 155 Å². The van der Waals surface area contributed by atoms with Gasteiger partial charge in [-0.3, -0.25) is 9.58 Å². The highest BCUT2D eigenvalue weighted by Crippen LogP contribution is 2.28. The molecule has 0 aliphatic carbocycles. The van der Waals surface area contributed by atoms with E-state index >= 15 is 0 Å². The molecule has 2 aromatic heterocycles. The lowest BCUT2D eigenvalue weighted by molar-refractivity contribution is 0.190. The number of rotatable bonds is 3. The molecule has 0 bridgehead atoms. The summed E-state index contributed by atoms with van der Waals surface area (Å²) in [5, 5.41) is 12.3. The van der Waals surface area contributed by atoms with Crippen LogP contribution in [0.2, 0.25) is 0 Å². The van der Waals surface area contributed by atoms with Gasteiger partial charge in [-0.1, -0.05) is 19.0 Å². The van der Waals surface area contributed by atoms with Gasteiger partial charge in [0.25, 0.3) is 5.89 Å². The molecule has 1 saturated heterocycles. The minimum Gasteiger partial charge on any atom is -0.332 e. The smallest absolute Gasteiger partial charge is 0.278 e. The van der Waals surface area contributed by atoms with Crippen LogP contribution in [0, 0.1) is 0 Å². The van der Waals surface area contributed by atoms with E-state index in [1.807, 2.05) is 0 Å². The Morgan fingerprint density at radius 1 is 1.32 bits per heavy atom. The standard InChI is InChI=1S/C17H28N6O.ClH/c1-11(2)13-9-12(20-23(13)17(3,4)5)16-19-15(21-24-16)14-10-18-7-8-22(14)6;/h9,11,14,18H,7-8,10H2,1-6H3;1H. The molecule has 1 aliphatic heterocycles. The van der Waals surface area contributed by atoms with Gasteiger partial charge in [-0.25, -0.2) is 0 Å². The topological polar surface area (TPSA) is 72.0 Å². The van der Waals surface area contributed by atoms with E-state index in [-0.39, 0.29) is 24.0 Å². The van der Waals surface area contributed by atoms with Crippen LogP contribution in [0.15, 0.2) is 10.6 Å². The second-order valence-corrected chi connectivity index (χ2v) is 7.85. The first-order valence-corrected chi connectivity index (χ1v) is 8.62. The molecular formula is C17H29ClN6O. The minimum absolute atomic E-state index is 0. The maximum Gasteiger partial charge on any atom is 0.278 e. The average molecular weight is 369 g/mol. The summed E-state index contributed by atoms with van der Waals surface area (Å²) in [4.78, 5) is 6.86. The van der Waals surface area contributed by atoms with Crippen LogP contribution in [0.3, 0.4) is 0 Å². The fourth-order valence-corrected chi connectivity index (χ4v) is 3.02. The van der Waals surface area contributed by atoms with E-state index in [1.165, 1.54) is 5.69 Å². The maximum atomic E-state index is 5.52. The molecule has 0 spiro atoms. The summed E-state index contributed by atoms with van der Waals surface area (Å²) < 4.78 is 7.58. The highest BCUT2D eigenvalue weighted by Gasteiger charge is 2.27. The lowest BCUT2D eigenvalue weighted by atomic mass is 10.1. The van der Waals surface area contributed by atoms with Crippen molar-refractivity contribution in [3.63, 3.8) is 0 Å². The van der Waals surface area contributed by atoms with E-state index in [9.17, 15) is 0 Å². The average Bonchev–Trinajstić information content (AvgIpc) is 3.14. The lowest BCUT2D eigenvalue weighted by Crippen LogP contribution is -2.44. The van der Waals surface area contributed by atoms with Gasteiger partial charge in [-0.15, -0.1) is 12.4 Å². The van der Waals surface area contributed by atoms with Gasteiger partial charge in [0.15, 0.2) is 11.5 Å². The number of nitrogens with one attached hydrogen (secondary N) is 1. The molecule has 1 N–H and O–H groups in total. The molecule has 1 unspecified atom stereocenters. The number of piperazine rings is 1. The first-order valence-electron chi connectivity index (χ1n) is 8.62. The third kappa shape index (κ3) is 4.04. The predicted molar refractivity (Wildman–Crippen MR) is 100 cm³/mol. The molecular weight excluding hydrogens is 340 g/mol. The van der Waals surface area contributed by atoms with Crippen LogP contribution in [-0.4, -0.2) is 51.5 Å². The van der Waals surface area contributed by atoms with E-state index in [2.05, 4.69) is 72.8 Å². The van der Waals surface area contributed by atoms with Gasteiger partial charge in [-0.2, -0.15) is 10.1 Å². The highest BCUT2D eigenvalue weighted by atomic mass is 35.5. The van der Waals surface area contributed by atoms with Crippen molar-refractivity contribution in [3.8, 4) is 11.6 Å². The van der Waals surface area contributed by atoms with Crippen LogP contribution in [0.5, 0.6) is 0 Å². The molecule has 0 amide bonds. The van der Waals surface area contributed by atoms with Gasteiger partial charge >= 0.3 is 0 Å². The quantitative estimate of drug-likeness (QED) is 0.898. The molecule has 2 aromatic rings. The number of nitrogens with zero attached hydrogens (tertiary/aromatic N) is 5. The molecule has 0 radical (unpaired) electrons. The van der Waals surface area contributed by atoms with E-state index in [0.717, 1.165) is 31.2 Å². The maximum absolute atomic E-state index is 5.52. The monoisotopic (exact) mass is 368 g/mol. The Morgan fingerprint density at radius 2 is 2.04 bits per heavy atom. The van der Waals surface area contributed by atoms with Gasteiger partial charge < -0.3 is 9.84 Å². The summed E-state index contributed by atoms with van der Waals surface area (Å²) in [6, 6.07) is 2.21. The molecule has 1 fully saturated rings. The van der Waals surface area contributed by atoms with E-state index in [4.69, 9.17) is 9.62 Å². The van der Waals surface area contributed by atoms with Crippen molar-refractivity contribution >= 4 is 12.4 Å². The summed E-state index contributed by atoms with van der Waals surface area (Å²) in [5.74, 6) is 1.59. The molecule has 140 valence electrons. The van der Waals surface area contributed by atoms with Crippen molar-refractivity contribution in [2.45, 2.75) is 52.1 Å². The van der Waals surface area contributed by atoms with Crippen molar-refractivity contribution in [2.75, 3.05) is 26.7 Å². The number of hydrogen-bond acceptors (Lipinski definition) is 6. The summed E-state index contributed by atoms with van der Waals surface area (Å²) in [6.45, 7) is 13.6. The first-order chi connectivity index (χ1) is 11.3. The third-order valence-electron chi connectivity index (χ3n) is 4.43. The van der Waals surface area contributed by atoms with Crippen LogP contribution in [0.25, 0.3) is 11.6 Å². The van der Waals surface area contributed by atoms with Crippen LogP contribution in [0.4, 0.5) is 0 Å². The molecule has 3 heterocycles. The molecule has 1 atom stereocenters. The zero-order valence-electron chi connectivity index (χ0n) is 15.9. The van der Waals surface area contributed by atoms with Gasteiger partial charge in [-0.05, 0) is 39.8 Å². The molecule has 7 nitrogen and oxygen atoms in total. The largest absolute Gasteiger partial charge is 0.332 e. The van der Waals surface area contributed by atoms with Crippen molar-refractivity contribution in [1.29, 1.82) is 0 Å². The van der Waals surface area contributed by atoms with Crippen LogP contribution < -0.4 is 5.32 Å². The van der Waals surface area contributed by atoms with Gasteiger partial charge in [0.1, 0.15) is 0 Å². The third-order valence-corrected chi connectivity index (χ3v) is 4.43.